The van der Waals surface area contributed by atoms with Crippen molar-refractivity contribution < 1.29 is 28.6 Å². The number of carbonyl (C=O) groups excluding carboxylic acids is 3. The maximum Gasteiger partial charge on any atom is 0.407 e. The van der Waals surface area contributed by atoms with Crippen molar-refractivity contribution >= 4 is 18.0 Å². The van der Waals surface area contributed by atoms with Gasteiger partial charge in [0.1, 0.15) is 6.61 Å². The molecule has 1 rings (SSSR count). The average Bonchev–Trinajstić information content (AvgIpc) is 2.69. The standard InChI is InChI=1S/C9H11NO6/c1-14-7(11)2-3-8(12)15-5-6-4-10-9(13)16-6/h2-3,6H,4-5H2,1H3,(H,10,13)/b3-2+. The monoisotopic (exact) mass is 229 g/mol. The van der Waals surface area contributed by atoms with Crippen LogP contribution in [0.15, 0.2) is 12.2 Å². The molecule has 1 N–H and O–H groups in total. The first-order valence-corrected chi connectivity index (χ1v) is 4.49. The quantitative estimate of drug-likeness (QED) is 0.392. The summed E-state index contributed by atoms with van der Waals surface area (Å²) in [6.07, 6.45) is 0.867. The highest BCUT2D eigenvalue weighted by Crippen LogP contribution is 2.00. The van der Waals surface area contributed by atoms with Gasteiger partial charge in [-0.05, 0) is 0 Å². The number of esters is 2. The van der Waals surface area contributed by atoms with E-state index in [-0.39, 0.29) is 6.61 Å². The fraction of sp³-hybridized carbons (Fsp3) is 0.444. The Morgan fingerprint density at radius 1 is 1.50 bits per heavy atom. The van der Waals surface area contributed by atoms with E-state index in [0.717, 1.165) is 12.2 Å². The second-order valence-electron chi connectivity index (χ2n) is 2.89. The average molecular weight is 229 g/mol. The van der Waals surface area contributed by atoms with E-state index in [0.29, 0.717) is 6.54 Å². The Kier molecular flexibility index (Phi) is 4.31. The third kappa shape index (κ3) is 3.99. The van der Waals surface area contributed by atoms with Gasteiger partial charge in [-0.15, -0.1) is 0 Å². The van der Waals surface area contributed by atoms with Gasteiger partial charge in [-0.25, -0.2) is 14.4 Å². The van der Waals surface area contributed by atoms with Crippen LogP contribution in [0.4, 0.5) is 4.79 Å². The molecule has 88 valence electrons. The fourth-order valence-electron chi connectivity index (χ4n) is 0.952. The summed E-state index contributed by atoms with van der Waals surface area (Å²) in [5.41, 5.74) is 0. The van der Waals surface area contributed by atoms with Crippen molar-refractivity contribution in [3.05, 3.63) is 12.2 Å². The van der Waals surface area contributed by atoms with Gasteiger partial charge in [-0.1, -0.05) is 0 Å². The number of carbonyl (C=O) groups is 3. The number of nitrogens with one attached hydrogen (secondary N) is 1. The summed E-state index contributed by atoms with van der Waals surface area (Å²) in [5.74, 6) is -1.35. The number of amides is 1. The van der Waals surface area contributed by atoms with E-state index in [2.05, 4.69) is 10.1 Å². The Hall–Kier alpha value is -2.05. The van der Waals surface area contributed by atoms with Crippen molar-refractivity contribution in [1.29, 1.82) is 0 Å². The van der Waals surface area contributed by atoms with Crippen LogP contribution < -0.4 is 5.32 Å². The zero-order valence-electron chi connectivity index (χ0n) is 8.60. The van der Waals surface area contributed by atoms with Crippen LogP contribution in [-0.2, 0) is 23.8 Å². The van der Waals surface area contributed by atoms with E-state index in [4.69, 9.17) is 9.47 Å². The van der Waals surface area contributed by atoms with Crippen LogP contribution in [0.3, 0.4) is 0 Å². The molecule has 1 atom stereocenters. The maximum absolute atomic E-state index is 11.0. The molecule has 7 nitrogen and oxygen atoms in total. The van der Waals surface area contributed by atoms with E-state index < -0.39 is 24.1 Å². The Morgan fingerprint density at radius 3 is 2.75 bits per heavy atom. The molecule has 0 aliphatic carbocycles. The molecule has 0 aromatic rings. The lowest BCUT2D eigenvalue weighted by Crippen LogP contribution is -2.21. The smallest absolute Gasteiger partial charge is 0.407 e. The molecule has 0 aromatic carbocycles. The first kappa shape index (κ1) is 12.0. The van der Waals surface area contributed by atoms with E-state index in [1.807, 2.05) is 0 Å². The summed E-state index contributed by atoms with van der Waals surface area (Å²) in [4.78, 5) is 32.3. The Morgan fingerprint density at radius 2 is 2.19 bits per heavy atom. The van der Waals surface area contributed by atoms with Gasteiger partial charge in [0.15, 0.2) is 6.10 Å². The summed E-state index contributed by atoms with van der Waals surface area (Å²) in [7, 11) is 1.20. The second-order valence-corrected chi connectivity index (χ2v) is 2.89. The van der Waals surface area contributed by atoms with Crippen LogP contribution in [0.2, 0.25) is 0 Å². The lowest BCUT2D eigenvalue weighted by Gasteiger charge is -2.06. The Bertz CT molecular complexity index is 324. The van der Waals surface area contributed by atoms with E-state index in [1.165, 1.54) is 7.11 Å². The van der Waals surface area contributed by atoms with E-state index in [9.17, 15) is 14.4 Å². The summed E-state index contributed by atoms with van der Waals surface area (Å²) >= 11 is 0. The van der Waals surface area contributed by atoms with Crippen LogP contribution in [0.5, 0.6) is 0 Å². The predicted octanol–water partition coefficient (Wildman–Crippen LogP) is -0.633. The van der Waals surface area contributed by atoms with Crippen molar-refractivity contribution in [2.75, 3.05) is 20.3 Å². The fourth-order valence-corrected chi connectivity index (χ4v) is 0.952. The summed E-state index contributed by atoms with van der Waals surface area (Å²) in [6, 6.07) is 0. The molecular weight excluding hydrogens is 218 g/mol. The Balaban J connectivity index is 2.22. The van der Waals surface area contributed by atoms with Crippen LogP contribution in [-0.4, -0.2) is 44.4 Å². The first-order chi connectivity index (χ1) is 7.61. The molecule has 1 aliphatic heterocycles. The molecule has 1 aliphatic rings. The van der Waals surface area contributed by atoms with Gasteiger partial charge in [0, 0.05) is 12.2 Å². The van der Waals surface area contributed by atoms with Crippen LogP contribution >= 0.6 is 0 Å². The van der Waals surface area contributed by atoms with E-state index >= 15 is 0 Å². The zero-order chi connectivity index (χ0) is 12.0. The van der Waals surface area contributed by atoms with Gasteiger partial charge in [0.05, 0.1) is 13.7 Å². The number of hydrogen-bond donors (Lipinski definition) is 1. The number of alkyl carbamates (subject to hydrolysis) is 1. The highest BCUT2D eigenvalue weighted by atomic mass is 16.6. The highest BCUT2D eigenvalue weighted by molar-refractivity contribution is 5.91. The molecule has 0 aromatic heterocycles. The lowest BCUT2D eigenvalue weighted by molar-refractivity contribution is -0.141. The summed E-state index contributed by atoms with van der Waals surface area (Å²) in [6.45, 7) is 0.246. The second kappa shape index (κ2) is 5.74. The SMILES string of the molecule is COC(=O)/C=C/C(=O)OCC1CNC(=O)O1. The maximum atomic E-state index is 11.0. The largest absolute Gasteiger partial charge is 0.466 e. The molecule has 0 radical (unpaired) electrons. The summed E-state index contributed by atoms with van der Waals surface area (Å²) in [5, 5.41) is 2.41. The summed E-state index contributed by atoms with van der Waals surface area (Å²) < 4.78 is 13.7. The third-order valence-electron chi connectivity index (χ3n) is 1.72. The third-order valence-corrected chi connectivity index (χ3v) is 1.72. The van der Waals surface area contributed by atoms with Crippen LogP contribution in [0.25, 0.3) is 0 Å². The van der Waals surface area contributed by atoms with Gasteiger partial charge in [-0.3, -0.25) is 0 Å². The predicted molar refractivity (Wildman–Crippen MR) is 50.4 cm³/mol. The van der Waals surface area contributed by atoms with Crippen molar-refractivity contribution in [1.82, 2.24) is 5.32 Å². The molecule has 0 bridgehead atoms. The van der Waals surface area contributed by atoms with Crippen molar-refractivity contribution in [3.8, 4) is 0 Å². The molecule has 1 unspecified atom stereocenters. The number of rotatable bonds is 4. The van der Waals surface area contributed by atoms with Crippen LogP contribution in [0.1, 0.15) is 0 Å². The molecule has 7 heteroatoms. The lowest BCUT2D eigenvalue weighted by atomic mass is 10.4. The minimum atomic E-state index is -0.701. The molecular formula is C9H11NO6. The van der Waals surface area contributed by atoms with Crippen LogP contribution in [0, 0.1) is 0 Å². The van der Waals surface area contributed by atoms with E-state index in [1.54, 1.807) is 0 Å². The molecule has 1 fully saturated rings. The van der Waals surface area contributed by atoms with Crippen molar-refractivity contribution in [2.24, 2.45) is 0 Å². The molecule has 0 saturated carbocycles. The number of methoxy groups -OCH3 is 1. The van der Waals surface area contributed by atoms with Gasteiger partial charge < -0.3 is 19.5 Å². The van der Waals surface area contributed by atoms with Gasteiger partial charge >= 0.3 is 18.0 Å². The first-order valence-electron chi connectivity index (χ1n) is 4.49. The molecule has 1 amide bonds. The minimum Gasteiger partial charge on any atom is -0.466 e. The molecule has 1 saturated heterocycles. The number of cyclic esters (lactones) is 1. The van der Waals surface area contributed by atoms with Gasteiger partial charge in [0.25, 0.3) is 0 Å². The highest BCUT2D eigenvalue weighted by Gasteiger charge is 2.23. The number of ether oxygens (including phenoxy) is 3. The zero-order valence-corrected chi connectivity index (χ0v) is 8.60. The normalized spacial score (nSPS) is 19.1. The number of hydrogen-bond acceptors (Lipinski definition) is 6. The van der Waals surface area contributed by atoms with Crippen molar-refractivity contribution in [2.45, 2.75) is 6.10 Å². The molecule has 1 heterocycles. The van der Waals surface area contributed by atoms with Gasteiger partial charge in [-0.2, -0.15) is 0 Å². The molecule has 16 heavy (non-hydrogen) atoms. The molecule has 0 spiro atoms. The van der Waals surface area contributed by atoms with Crippen molar-refractivity contribution in [3.63, 3.8) is 0 Å². The van der Waals surface area contributed by atoms with Gasteiger partial charge in [0.2, 0.25) is 0 Å². The Labute approximate surface area is 91.3 Å². The minimum absolute atomic E-state index is 0.0525. The topological polar surface area (TPSA) is 90.9 Å².